The number of nitrogen functional groups attached to an aromatic ring is 1. The van der Waals surface area contributed by atoms with Crippen molar-refractivity contribution in [3.63, 3.8) is 0 Å². The first-order valence-corrected chi connectivity index (χ1v) is 4.84. The maximum absolute atomic E-state index is 11.1. The largest absolute Gasteiger partial charge is 0.369 e. The van der Waals surface area contributed by atoms with Gasteiger partial charge >= 0.3 is 0 Å². The normalized spacial score (nSPS) is 10.1. The first-order valence-electron chi connectivity index (χ1n) is 4.84. The third-order valence-corrected chi connectivity index (χ3v) is 2.08. The Hall–Kier alpha value is -2.30. The van der Waals surface area contributed by atoms with Crippen LogP contribution in [0.1, 0.15) is 5.56 Å². The molecule has 0 fully saturated rings. The zero-order chi connectivity index (χ0) is 11.5. The van der Waals surface area contributed by atoms with Crippen LogP contribution in [0, 0.1) is 6.92 Å². The molecule has 0 unspecified atom stereocenters. The van der Waals surface area contributed by atoms with Gasteiger partial charge in [0.1, 0.15) is 5.82 Å². The van der Waals surface area contributed by atoms with Gasteiger partial charge in [-0.05, 0) is 19.1 Å². The molecule has 0 radical (unpaired) electrons. The van der Waals surface area contributed by atoms with Crippen molar-refractivity contribution in [2.24, 2.45) is 0 Å². The van der Waals surface area contributed by atoms with Crippen molar-refractivity contribution in [3.8, 4) is 0 Å². The van der Waals surface area contributed by atoms with E-state index in [2.05, 4.69) is 15.3 Å². The molecule has 0 amide bonds. The summed E-state index contributed by atoms with van der Waals surface area (Å²) in [6.45, 7) is 2.01. The van der Waals surface area contributed by atoms with E-state index in [1.165, 1.54) is 11.6 Å². The minimum Gasteiger partial charge on any atom is -0.369 e. The van der Waals surface area contributed by atoms with Crippen LogP contribution in [0.25, 0.3) is 0 Å². The Labute approximate surface area is 92.3 Å². The summed E-state index contributed by atoms with van der Waals surface area (Å²) < 4.78 is 0. The van der Waals surface area contributed by atoms with E-state index in [9.17, 15) is 4.79 Å². The van der Waals surface area contributed by atoms with Crippen LogP contribution in [0.3, 0.4) is 0 Å². The summed E-state index contributed by atoms with van der Waals surface area (Å²) in [7, 11) is 0. The quantitative estimate of drug-likeness (QED) is 0.708. The second-order valence-corrected chi connectivity index (χ2v) is 3.51. The number of anilines is 3. The maximum atomic E-state index is 11.1. The molecule has 2 aromatic rings. The van der Waals surface area contributed by atoms with E-state index in [1.54, 1.807) is 0 Å². The van der Waals surface area contributed by atoms with E-state index in [-0.39, 0.29) is 11.5 Å². The van der Waals surface area contributed by atoms with Crippen LogP contribution in [0.2, 0.25) is 0 Å². The average Bonchev–Trinajstić information content (AvgIpc) is 2.20. The summed E-state index contributed by atoms with van der Waals surface area (Å²) in [5.41, 5.74) is 7.19. The van der Waals surface area contributed by atoms with Gasteiger partial charge in [-0.1, -0.05) is 17.7 Å². The predicted molar refractivity (Wildman–Crippen MR) is 63.7 cm³/mol. The van der Waals surface area contributed by atoms with Crippen LogP contribution < -0.4 is 16.6 Å². The molecule has 0 bridgehead atoms. The molecular weight excluding hydrogens is 204 g/mol. The van der Waals surface area contributed by atoms with Gasteiger partial charge in [-0.3, -0.25) is 9.78 Å². The minimum atomic E-state index is -0.276. The van der Waals surface area contributed by atoms with Crippen LogP contribution in [-0.2, 0) is 0 Å². The number of hydrogen-bond acceptors (Lipinski definition) is 4. The van der Waals surface area contributed by atoms with Crippen molar-refractivity contribution < 1.29 is 0 Å². The molecule has 0 aliphatic carbocycles. The van der Waals surface area contributed by atoms with Crippen LogP contribution in [0.4, 0.5) is 17.5 Å². The Kier molecular flexibility index (Phi) is 2.59. The number of hydrogen-bond donors (Lipinski definition) is 3. The Balaban J connectivity index is 2.26. The summed E-state index contributed by atoms with van der Waals surface area (Å²) in [4.78, 5) is 17.5. The lowest BCUT2D eigenvalue weighted by atomic mass is 10.2. The highest BCUT2D eigenvalue weighted by Crippen LogP contribution is 2.13. The third-order valence-electron chi connectivity index (χ3n) is 2.08. The fourth-order valence-corrected chi connectivity index (χ4v) is 1.33. The van der Waals surface area contributed by atoms with E-state index in [0.717, 1.165) is 5.69 Å². The molecule has 5 nitrogen and oxygen atoms in total. The van der Waals surface area contributed by atoms with Gasteiger partial charge in [0.25, 0.3) is 5.56 Å². The number of aromatic nitrogens is 2. The van der Waals surface area contributed by atoms with E-state index in [4.69, 9.17) is 5.73 Å². The highest BCUT2D eigenvalue weighted by molar-refractivity contribution is 5.56. The molecule has 0 atom stereocenters. The zero-order valence-corrected chi connectivity index (χ0v) is 8.82. The number of aromatic amines is 1. The van der Waals surface area contributed by atoms with Crippen molar-refractivity contribution in [2.75, 3.05) is 11.1 Å². The SMILES string of the molecule is Cc1ccc(Nc2cc(=O)[nH]c(N)n2)cc1. The van der Waals surface area contributed by atoms with Gasteiger partial charge in [0.15, 0.2) is 0 Å². The first kappa shape index (κ1) is 10.2. The summed E-state index contributed by atoms with van der Waals surface area (Å²) >= 11 is 0. The Morgan fingerprint density at radius 2 is 2.00 bits per heavy atom. The number of rotatable bonds is 2. The van der Waals surface area contributed by atoms with Gasteiger partial charge < -0.3 is 11.1 Å². The number of H-pyrrole nitrogens is 1. The number of nitrogens with two attached hydrogens (primary N) is 1. The molecule has 5 heteroatoms. The second-order valence-electron chi connectivity index (χ2n) is 3.51. The fourth-order valence-electron chi connectivity index (χ4n) is 1.33. The molecule has 16 heavy (non-hydrogen) atoms. The molecule has 4 N–H and O–H groups in total. The van der Waals surface area contributed by atoms with Crippen molar-refractivity contribution in [3.05, 3.63) is 46.2 Å². The standard InChI is InChI=1S/C11H12N4O/c1-7-2-4-8(5-3-7)13-9-6-10(16)15-11(12)14-9/h2-6H,1H3,(H4,12,13,14,15,16). The lowest BCUT2D eigenvalue weighted by Gasteiger charge is -2.05. The van der Waals surface area contributed by atoms with E-state index >= 15 is 0 Å². The smallest absolute Gasteiger partial charge is 0.254 e. The number of nitrogens with one attached hydrogen (secondary N) is 2. The van der Waals surface area contributed by atoms with Crippen LogP contribution in [0.5, 0.6) is 0 Å². The monoisotopic (exact) mass is 216 g/mol. The van der Waals surface area contributed by atoms with Gasteiger partial charge in [-0.15, -0.1) is 0 Å². The molecule has 1 heterocycles. The van der Waals surface area contributed by atoms with Gasteiger partial charge in [0.2, 0.25) is 5.95 Å². The maximum Gasteiger partial charge on any atom is 0.254 e. The minimum absolute atomic E-state index is 0.0992. The molecule has 1 aromatic heterocycles. The molecule has 0 saturated heterocycles. The topological polar surface area (TPSA) is 83.8 Å². The summed E-state index contributed by atoms with van der Waals surface area (Å²) in [6, 6.07) is 9.12. The van der Waals surface area contributed by atoms with Gasteiger partial charge in [-0.2, -0.15) is 4.98 Å². The Morgan fingerprint density at radius 1 is 1.31 bits per heavy atom. The lowest BCUT2D eigenvalue weighted by molar-refractivity contribution is 1.14. The van der Waals surface area contributed by atoms with Crippen molar-refractivity contribution in [2.45, 2.75) is 6.92 Å². The highest BCUT2D eigenvalue weighted by Gasteiger charge is 1.98. The second kappa shape index (κ2) is 4.06. The van der Waals surface area contributed by atoms with Crippen molar-refractivity contribution >= 4 is 17.5 Å². The molecule has 2 rings (SSSR count). The fraction of sp³-hybridized carbons (Fsp3) is 0.0909. The average molecular weight is 216 g/mol. The van der Waals surface area contributed by atoms with E-state index in [1.807, 2.05) is 31.2 Å². The van der Waals surface area contributed by atoms with E-state index < -0.39 is 0 Å². The number of aryl methyl sites for hydroxylation is 1. The van der Waals surface area contributed by atoms with Gasteiger partial charge in [0, 0.05) is 11.8 Å². The number of benzene rings is 1. The Bertz CT molecular complexity index is 545. The summed E-state index contributed by atoms with van der Waals surface area (Å²) in [6.07, 6.45) is 0. The van der Waals surface area contributed by atoms with Crippen molar-refractivity contribution in [1.29, 1.82) is 0 Å². The van der Waals surface area contributed by atoms with Crippen LogP contribution >= 0.6 is 0 Å². The summed E-state index contributed by atoms with van der Waals surface area (Å²) in [5.74, 6) is 0.534. The van der Waals surface area contributed by atoms with Crippen LogP contribution in [0.15, 0.2) is 35.1 Å². The lowest BCUT2D eigenvalue weighted by Crippen LogP contribution is -2.11. The molecule has 0 aliphatic rings. The zero-order valence-electron chi connectivity index (χ0n) is 8.82. The molecule has 0 saturated carbocycles. The van der Waals surface area contributed by atoms with Crippen LogP contribution in [-0.4, -0.2) is 9.97 Å². The molecule has 0 spiro atoms. The van der Waals surface area contributed by atoms with E-state index in [0.29, 0.717) is 5.82 Å². The number of nitrogens with zero attached hydrogens (tertiary/aromatic N) is 1. The molecule has 1 aromatic carbocycles. The Morgan fingerprint density at radius 3 is 2.62 bits per heavy atom. The summed E-state index contributed by atoms with van der Waals surface area (Å²) in [5, 5.41) is 3.00. The highest BCUT2D eigenvalue weighted by atomic mass is 16.1. The van der Waals surface area contributed by atoms with Gasteiger partial charge in [-0.25, -0.2) is 0 Å². The molecular formula is C11H12N4O. The van der Waals surface area contributed by atoms with Gasteiger partial charge in [0.05, 0.1) is 0 Å². The molecule has 82 valence electrons. The molecule has 0 aliphatic heterocycles. The third kappa shape index (κ3) is 2.38. The predicted octanol–water partition coefficient (Wildman–Crippen LogP) is 1.40. The van der Waals surface area contributed by atoms with Crippen molar-refractivity contribution in [1.82, 2.24) is 9.97 Å². The first-order chi connectivity index (χ1) is 7.63.